The van der Waals surface area contributed by atoms with Gasteiger partial charge in [0.15, 0.2) is 0 Å². The molecule has 1 aliphatic heterocycles. The minimum Gasteiger partial charge on any atom is -0.493 e. The molecule has 0 saturated heterocycles. The maximum Gasteiger partial charge on any atom is 0.129 e. The van der Waals surface area contributed by atoms with Gasteiger partial charge in [0, 0.05) is 22.0 Å². The highest BCUT2D eigenvalue weighted by molar-refractivity contribution is 6.31. The lowest BCUT2D eigenvalue weighted by Crippen LogP contribution is -2.00. The molecule has 0 aliphatic carbocycles. The minimum atomic E-state index is 0.421. The quantitative estimate of drug-likeness (QED) is 0.809. The first-order valence-electron chi connectivity index (χ1n) is 6.46. The van der Waals surface area contributed by atoms with E-state index in [9.17, 15) is 0 Å². The van der Waals surface area contributed by atoms with E-state index in [2.05, 4.69) is 0 Å². The van der Waals surface area contributed by atoms with Gasteiger partial charge in [-0.1, -0.05) is 29.3 Å². The van der Waals surface area contributed by atoms with E-state index in [-0.39, 0.29) is 0 Å². The Morgan fingerprint density at radius 3 is 2.85 bits per heavy atom. The predicted molar refractivity (Wildman–Crippen MR) is 81.2 cm³/mol. The average Bonchev–Trinajstić information content (AvgIpc) is 2.87. The SMILES string of the molecule is Cc1ccc(Cl)cc1OCc1cc(Cl)cc2c1OCC2. The lowest BCUT2D eigenvalue weighted by molar-refractivity contribution is 0.290. The lowest BCUT2D eigenvalue weighted by atomic mass is 10.1. The van der Waals surface area contributed by atoms with Crippen molar-refractivity contribution in [2.24, 2.45) is 0 Å². The van der Waals surface area contributed by atoms with Gasteiger partial charge in [0.1, 0.15) is 18.1 Å². The van der Waals surface area contributed by atoms with Crippen molar-refractivity contribution < 1.29 is 9.47 Å². The molecule has 104 valence electrons. The van der Waals surface area contributed by atoms with Gasteiger partial charge in [0.05, 0.1) is 6.61 Å². The number of hydrogen-bond donors (Lipinski definition) is 0. The molecule has 0 radical (unpaired) electrons. The maximum atomic E-state index is 6.13. The van der Waals surface area contributed by atoms with Crippen LogP contribution in [0.5, 0.6) is 11.5 Å². The van der Waals surface area contributed by atoms with Crippen LogP contribution in [-0.4, -0.2) is 6.61 Å². The molecule has 0 aromatic heterocycles. The highest BCUT2D eigenvalue weighted by atomic mass is 35.5. The van der Waals surface area contributed by atoms with Crippen molar-refractivity contribution >= 4 is 23.2 Å². The summed E-state index contributed by atoms with van der Waals surface area (Å²) in [5, 5.41) is 1.38. The summed E-state index contributed by atoms with van der Waals surface area (Å²) in [5.74, 6) is 1.69. The van der Waals surface area contributed by atoms with Crippen LogP contribution in [0.1, 0.15) is 16.7 Å². The van der Waals surface area contributed by atoms with E-state index in [4.69, 9.17) is 32.7 Å². The van der Waals surface area contributed by atoms with Gasteiger partial charge in [0.25, 0.3) is 0 Å². The summed E-state index contributed by atoms with van der Waals surface area (Å²) >= 11 is 12.1. The summed E-state index contributed by atoms with van der Waals surface area (Å²) in [6.45, 7) is 3.12. The van der Waals surface area contributed by atoms with Crippen molar-refractivity contribution in [1.82, 2.24) is 0 Å². The molecule has 0 N–H and O–H groups in total. The van der Waals surface area contributed by atoms with Crippen molar-refractivity contribution in [1.29, 1.82) is 0 Å². The van der Waals surface area contributed by atoms with Crippen molar-refractivity contribution in [3.63, 3.8) is 0 Å². The fourth-order valence-electron chi connectivity index (χ4n) is 2.34. The molecule has 0 spiro atoms. The van der Waals surface area contributed by atoms with Crippen LogP contribution in [-0.2, 0) is 13.0 Å². The smallest absolute Gasteiger partial charge is 0.129 e. The average molecular weight is 309 g/mol. The number of aryl methyl sites for hydroxylation is 1. The van der Waals surface area contributed by atoms with Crippen LogP contribution in [0.25, 0.3) is 0 Å². The zero-order chi connectivity index (χ0) is 14.1. The van der Waals surface area contributed by atoms with Gasteiger partial charge in [-0.2, -0.15) is 0 Å². The molecule has 0 bridgehead atoms. The Bertz CT molecular complexity index is 653. The van der Waals surface area contributed by atoms with E-state index < -0.39 is 0 Å². The van der Waals surface area contributed by atoms with Crippen LogP contribution >= 0.6 is 23.2 Å². The van der Waals surface area contributed by atoms with E-state index in [1.165, 1.54) is 0 Å². The molecule has 0 amide bonds. The third kappa shape index (κ3) is 2.72. The van der Waals surface area contributed by atoms with E-state index in [0.29, 0.717) is 18.2 Å². The second kappa shape index (κ2) is 5.55. The monoisotopic (exact) mass is 308 g/mol. The number of rotatable bonds is 3. The van der Waals surface area contributed by atoms with Gasteiger partial charge >= 0.3 is 0 Å². The summed E-state index contributed by atoms with van der Waals surface area (Å²) < 4.78 is 11.5. The number of fused-ring (bicyclic) bond motifs is 1. The first-order valence-corrected chi connectivity index (χ1v) is 7.22. The molecule has 3 rings (SSSR count). The second-order valence-corrected chi connectivity index (χ2v) is 5.72. The molecule has 1 aliphatic rings. The third-order valence-corrected chi connectivity index (χ3v) is 3.81. The Morgan fingerprint density at radius 1 is 1.15 bits per heavy atom. The summed E-state index contributed by atoms with van der Waals surface area (Å²) in [6.07, 6.45) is 0.902. The highest BCUT2D eigenvalue weighted by Crippen LogP contribution is 2.34. The number of ether oxygens (including phenoxy) is 2. The van der Waals surface area contributed by atoms with Crippen LogP contribution in [0.3, 0.4) is 0 Å². The molecule has 1 heterocycles. The van der Waals surface area contributed by atoms with Gasteiger partial charge in [0.2, 0.25) is 0 Å². The number of benzene rings is 2. The molecule has 0 saturated carbocycles. The molecular formula is C16H14Cl2O2. The fraction of sp³-hybridized carbons (Fsp3) is 0.250. The molecule has 0 atom stereocenters. The summed E-state index contributed by atoms with van der Waals surface area (Å²) in [5.41, 5.74) is 3.18. The normalized spacial score (nSPS) is 12.9. The van der Waals surface area contributed by atoms with E-state index in [1.54, 1.807) is 0 Å². The maximum absolute atomic E-state index is 6.13. The molecule has 2 nitrogen and oxygen atoms in total. The zero-order valence-corrected chi connectivity index (χ0v) is 12.6. The topological polar surface area (TPSA) is 18.5 Å². The lowest BCUT2D eigenvalue weighted by Gasteiger charge is -2.12. The van der Waals surface area contributed by atoms with Gasteiger partial charge in [-0.25, -0.2) is 0 Å². The number of hydrogen-bond acceptors (Lipinski definition) is 2. The molecule has 2 aromatic rings. The Morgan fingerprint density at radius 2 is 2.00 bits per heavy atom. The minimum absolute atomic E-state index is 0.421. The largest absolute Gasteiger partial charge is 0.493 e. The third-order valence-electron chi connectivity index (χ3n) is 3.36. The van der Waals surface area contributed by atoms with Gasteiger partial charge in [-0.3, -0.25) is 0 Å². The van der Waals surface area contributed by atoms with Crippen molar-refractivity contribution in [2.45, 2.75) is 20.0 Å². The summed E-state index contributed by atoms with van der Waals surface area (Å²) in [4.78, 5) is 0. The standard InChI is InChI=1S/C16H14Cl2O2/c1-10-2-3-13(17)8-15(10)20-9-12-7-14(18)6-11-4-5-19-16(11)12/h2-3,6-8H,4-5,9H2,1H3. The molecule has 20 heavy (non-hydrogen) atoms. The Labute approximate surface area is 128 Å². The van der Waals surface area contributed by atoms with Crippen molar-refractivity contribution in [3.8, 4) is 11.5 Å². The highest BCUT2D eigenvalue weighted by Gasteiger charge is 2.18. The Balaban J connectivity index is 1.84. The van der Waals surface area contributed by atoms with Crippen LogP contribution in [0.4, 0.5) is 0 Å². The van der Waals surface area contributed by atoms with Crippen LogP contribution in [0.2, 0.25) is 10.0 Å². The van der Waals surface area contributed by atoms with Crippen molar-refractivity contribution in [3.05, 3.63) is 57.1 Å². The zero-order valence-electron chi connectivity index (χ0n) is 11.1. The van der Waals surface area contributed by atoms with Crippen molar-refractivity contribution in [2.75, 3.05) is 6.61 Å². The number of halogens is 2. The predicted octanol–water partition coefficient (Wildman–Crippen LogP) is 4.82. The first kappa shape index (κ1) is 13.6. The van der Waals surface area contributed by atoms with E-state index in [1.807, 2.05) is 37.3 Å². The van der Waals surface area contributed by atoms with E-state index in [0.717, 1.165) is 39.6 Å². The van der Waals surface area contributed by atoms with Crippen LogP contribution in [0, 0.1) is 6.92 Å². The van der Waals surface area contributed by atoms with Crippen LogP contribution in [0.15, 0.2) is 30.3 Å². The van der Waals surface area contributed by atoms with Gasteiger partial charge < -0.3 is 9.47 Å². The molecule has 0 unspecified atom stereocenters. The van der Waals surface area contributed by atoms with Gasteiger partial charge in [-0.15, -0.1) is 0 Å². The summed E-state index contributed by atoms with van der Waals surface area (Å²) in [7, 11) is 0. The molecule has 4 heteroatoms. The Hall–Kier alpha value is -1.38. The van der Waals surface area contributed by atoms with E-state index >= 15 is 0 Å². The molecule has 0 fully saturated rings. The molecule has 2 aromatic carbocycles. The second-order valence-electron chi connectivity index (χ2n) is 4.85. The molecular weight excluding hydrogens is 295 g/mol. The summed E-state index contributed by atoms with van der Waals surface area (Å²) in [6, 6.07) is 9.46. The fourth-order valence-corrected chi connectivity index (χ4v) is 2.76. The van der Waals surface area contributed by atoms with Crippen LogP contribution < -0.4 is 9.47 Å². The van der Waals surface area contributed by atoms with Gasteiger partial charge in [-0.05, 0) is 42.3 Å². The first-order chi connectivity index (χ1) is 9.63. The Kier molecular flexibility index (Phi) is 3.77.